The molecule has 0 fully saturated rings. The number of benzene rings is 1. The Labute approximate surface area is 141 Å². The maximum absolute atomic E-state index is 12.6. The average Bonchev–Trinajstić information content (AvgIpc) is 2.48. The maximum Gasteiger partial charge on any atom is 0.267 e. The van der Waals surface area contributed by atoms with Crippen molar-refractivity contribution in [3.05, 3.63) is 57.3 Å². The summed E-state index contributed by atoms with van der Waals surface area (Å²) in [4.78, 5) is 20.7. The van der Waals surface area contributed by atoms with Gasteiger partial charge in [-0.05, 0) is 41.9 Å². The van der Waals surface area contributed by atoms with Gasteiger partial charge in [0.15, 0.2) is 9.84 Å². The smallest absolute Gasteiger partial charge is 0.267 e. The molecule has 0 aliphatic heterocycles. The normalized spacial score (nSPS) is 11.8. The Morgan fingerprint density at radius 3 is 2.39 bits per heavy atom. The zero-order valence-electron chi connectivity index (χ0n) is 11.7. The molecule has 3 rings (SSSR count). The maximum atomic E-state index is 12.6. The summed E-state index contributed by atoms with van der Waals surface area (Å²) in [6, 6.07) is 7.18. The van der Waals surface area contributed by atoms with E-state index >= 15 is 0 Å². The van der Waals surface area contributed by atoms with Gasteiger partial charge in [-0.3, -0.25) is 9.36 Å². The number of nitrogens with zero attached hydrogens (tertiary/aromatic N) is 3. The first kappa shape index (κ1) is 15.9. The Bertz CT molecular complexity index is 1080. The van der Waals surface area contributed by atoms with Crippen molar-refractivity contribution in [1.82, 2.24) is 14.5 Å². The number of aromatic nitrogens is 3. The molecule has 0 saturated heterocycles. The van der Waals surface area contributed by atoms with Gasteiger partial charge in [0.1, 0.15) is 5.15 Å². The highest BCUT2D eigenvalue weighted by molar-refractivity contribution is 7.90. The predicted octanol–water partition coefficient (Wildman–Crippen LogP) is 2.49. The van der Waals surface area contributed by atoms with Gasteiger partial charge >= 0.3 is 0 Å². The average molecular weight is 370 g/mol. The Morgan fingerprint density at radius 1 is 1.13 bits per heavy atom. The fraction of sp³-hybridized carbons (Fsp3) is 0.0714. The standard InChI is InChI=1S/C14H9Cl2N3O3S/c1-23(21,22)9-4-2-8(3-5-9)19-13(20)10-6-12(15)17-7-11(10)18-14(19)16/h2-7H,1H3. The zero-order valence-corrected chi connectivity index (χ0v) is 14.0. The van der Waals surface area contributed by atoms with Crippen LogP contribution in [0.3, 0.4) is 0 Å². The van der Waals surface area contributed by atoms with Gasteiger partial charge in [0.2, 0.25) is 5.28 Å². The minimum absolute atomic E-state index is 0.0567. The molecule has 9 heteroatoms. The van der Waals surface area contributed by atoms with Crippen LogP contribution in [0, 0.1) is 0 Å². The predicted molar refractivity (Wildman–Crippen MR) is 88.3 cm³/mol. The molecule has 0 aliphatic carbocycles. The van der Waals surface area contributed by atoms with E-state index in [0.29, 0.717) is 11.2 Å². The topological polar surface area (TPSA) is 81.9 Å². The molecule has 0 bridgehead atoms. The third-order valence-electron chi connectivity index (χ3n) is 3.20. The lowest BCUT2D eigenvalue weighted by atomic mass is 10.3. The van der Waals surface area contributed by atoms with E-state index in [9.17, 15) is 13.2 Å². The van der Waals surface area contributed by atoms with E-state index in [1.165, 1.54) is 41.1 Å². The van der Waals surface area contributed by atoms with Crippen LogP contribution in [-0.4, -0.2) is 29.2 Å². The molecule has 0 saturated carbocycles. The van der Waals surface area contributed by atoms with E-state index in [-0.39, 0.29) is 20.7 Å². The fourth-order valence-electron chi connectivity index (χ4n) is 2.10. The molecule has 23 heavy (non-hydrogen) atoms. The number of hydrogen-bond acceptors (Lipinski definition) is 5. The van der Waals surface area contributed by atoms with E-state index in [4.69, 9.17) is 23.2 Å². The lowest BCUT2D eigenvalue weighted by Gasteiger charge is -2.10. The van der Waals surface area contributed by atoms with Crippen LogP contribution in [0.2, 0.25) is 10.4 Å². The number of rotatable bonds is 2. The highest BCUT2D eigenvalue weighted by Crippen LogP contribution is 2.19. The Kier molecular flexibility index (Phi) is 3.87. The van der Waals surface area contributed by atoms with Crippen LogP contribution in [0.4, 0.5) is 0 Å². The summed E-state index contributed by atoms with van der Waals surface area (Å²) in [5, 5.41) is 0.373. The van der Waals surface area contributed by atoms with Gasteiger partial charge in [0, 0.05) is 6.26 Å². The monoisotopic (exact) mass is 369 g/mol. The number of pyridine rings is 1. The summed E-state index contributed by atoms with van der Waals surface area (Å²) >= 11 is 11.9. The van der Waals surface area contributed by atoms with Crippen LogP contribution in [-0.2, 0) is 9.84 Å². The number of hydrogen-bond donors (Lipinski definition) is 0. The molecule has 0 N–H and O–H groups in total. The third-order valence-corrected chi connectivity index (χ3v) is 4.79. The van der Waals surface area contributed by atoms with Crippen molar-refractivity contribution in [3.8, 4) is 5.69 Å². The summed E-state index contributed by atoms with van der Waals surface area (Å²) < 4.78 is 24.2. The van der Waals surface area contributed by atoms with Gasteiger partial charge in [0.25, 0.3) is 5.56 Å². The van der Waals surface area contributed by atoms with Crippen molar-refractivity contribution in [2.45, 2.75) is 4.90 Å². The van der Waals surface area contributed by atoms with Crippen LogP contribution < -0.4 is 5.56 Å². The van der Waals surface area contributed by atoms with Crippen LogP contribution in [0.25, 0.3) is 16.6 Å². The van der Waals surface area contributed by atoms with Gasteiger partial charge in [-0.1, -0.05) is 11.6 Å². The molecule has 3 aromatic rings. The highest BCUT2D eigenvalue weighted by Gasteiger charge is 2.13. The minimum atomic E-state index is -3.32. The summed E-state index contributed by atoms with van der Waals surface area (Å²) in [6.45, 7) is 0. The van der Waals surface area contributed by atoms with E-state index < -0.39 is 15.4 Å². The number of fused-ring (bicyclic) bond motifs is 1. The van der Waals surface area contributed by atoms with Gasteiger partial charge in [-0.2, -0.15) is 0 Å². The van der Waals surface area contributed by atoms with Crippen LogP contribution >= 0.6 is 23.2 Å². The first-order chi connectivity index (χ1) is 10.8. The quantitative estimate of drug-likeness (QED) is 0.511. The molecule has 2 heterocycles. The van der Waals surface area contributed by atoms with Crippen LogP contribution in [0.5, 0.6) is 0 Å². The molecule has 0 spiro atoms. The fourth-order valence-corrected chi connectivity index (χ4v) is 3.16. The van der Waals surface area contributed by atoms with Crippen molar-refractivity contribution >= 4 is 43.9 Å². The van der Waals surface area contributed by atoms with E-state index in [1.54, 1.807) is 0 Å². The zero-order chi connectivity index (χ0) is 16.8. The largest absolute Gasteiger partial charge is 0.268 e. The van der Waals surface area contributed by atoms with Crippen molar-refractivity contribution in [2.75, 3.05) is 6.26 Å². The lowest BCUT2D eigenvalue weighted by molar-refractivity contribution is 0.602. The lowest BCUT2D eigenvalue weighted by Crippen LogP contribution is -2.20. The van der Waals surface area contributed by atoms with E-state index in [2.05, 4.69) is 9.97 Å². The highest BCUT2D eigenvalue weighted by atomic mass is 35.5. The van der Waals surface area contributed by atoms with Crippen molar-refractivity contribution < 1.29 is 8.42 Å². The number of sulfone groups is 1. The molecule has 0 aliphatic rings. The van der Waals surface area contributed by atoms with Crippen molar-refractivity contribution in [2.24, 2.45) is 0 Å². The second-order valence-electron chi connectivity index (χ2n) is 4.81. The first-order valence-electron chi connectivity index (χ1n) is 6.32. The van der Waals surface area contributed by atoms with Gasteiger partial charge in [-0.25, -0.2) is 18.4 Å². The molecule has 0 radical (unpaired) electrons. The summed E-state index contributed by atoms with van der Waals surface area (Å²) in [5.41, 5.74) is 0.305. The molecule has 0 atom stereocenters. The number of halogens is 2. The molecular weight excluding hydrogens is 361 g/mol. The molecule has 0 amide bonds. The van der Waals surface area contributed by atoms with Gasteiger partial charge in [0.05, 0.1) is 27.7 Å². The molecule has 2 aromatic heterocycles. The van der Waals surface area contributed by atoms with Crippen LogP contribution in [0.15, 0.2) is 46.2 Å². The third kappa shape index (κ3) is 2.95. The Balaban J connectivity index is 2.26. The Morgan fingerprint density at radius 2 is 1.78 bits per heavy atom. The van der Waals surface area contributed by atoms with Crippen LogP contribution in [0.1, 0.15) is 0 Å². The SMILES string of the molecule is CS(=O)(=O)c1ccc(-n2c(Cl)nc3cnc(Cl)cc3c2=O)cc1. The molecule has 0 unspecified atom stereocenters. The van der Waals surface area contributed by atoms with Crippen molar-refractivity contribution in [3.63, 3.8) is 0 Å². The van der Waals surface area contributed by atoms with Gasteiger partial charge in [-0.15, -0.1) is 0 Å². The Hall–Kier alpha value is -1.96. The van der Waals surface area contributed by atoms with Gasteiger partial charge < -0.3 is 0 Å². The molecule has 1 aromatic carbocycles. The van der Waals surface area contributed by atoms with E-state index in [0.717, 1.165) is 6.26 Å². The second kappa shape index (κ2) is 5.59. The van der Waals surface area contributed by atoms with Crippen molar-refractivity contribution in [1.29, 1.82) is 0 Å². The second-order valence-corrected chi connectivity index (χ2v) is 7.55. The molecular formula is C14H9Cl2N3O3S. The summed E-state index contributed by atoms with van der Waals surface area (Å²) in [7, 11) is -3.32. The summed E-state index contributed by atoms with van der Waals surface area (Å²) in [6.07, 6.45) is 2.47. The summed E-state index contributed by atoms with van der Waals surface area (Å²) in [5.74, 6) is 0. The minimum Gasteiger partial charge on any atom is -0.268 e. The molecule has 118 valence electrons. The first-order valence-corrected chi connectivity index (χ1v) is 8.96. The molecule has 6 nitrogen and oxygen atoms in total. The van der Waals surface area contributed by atoms with E-state index in [1.807, 2.05) is 0 Å².